The van der Waals surface area contributed by atoms with Gasteiger partial charge in [-0.3, -0.25) is 9.97 Å². The Kier molecular flexibility index (Phi) is 5.13. The van der Waals surface area contributed by atoms with Gasteiger partial charge >= 0.3 is 0 Å². The molecule has 3 aromatic heterocycles. The van der Waals surface area contributed by atoms with Crippen LogP contribution in [0.1, 0.15) is 11.4 Å². The molecule has 0 aromatic carbocycles. The standard InChI is InChI=1S/C16H16N4S2/c1-20-10-9-18-16(20)22-12-14-4-2-3-13(19-14)11-21-15-5-7-17-8-6-15/h2-10H,11-12H2,1H3. The average Bonchev–Trinajstić information content (AvgIpc) is 2.98. The van der Waals surface area contributed by atoms with Gasteiger partial charge in [0.2, 0.25) is 0 Å². The Morgan fingerprint density at radius 1 is 0.955 bits per heavy atom. The lowest BCUT2D eigenvalue weighted by molar-refractivity contribution is 0.789. The number of nitrogens with zero attached hydrogens (tertiary/aromatic N) is 4. The summed E-state index contributed by atoms with van der Waals surface area (Å²) in [7, 11) is 2.00. The predicted octanol–water partition coefficient (Wildman–Crippen LogP) is 3.79. The van der Waals surface area contributed by atoms with Crippen molar-refractivity contribution in [3.63, 3.8) is 0 Å². The highest BCUT2D eigenvalue weighted by atomic mass is 32.2. The normalized spacial score (nSPS) is 10.8. The molecule has 0 aliphatic carbocycles. The zero-order valence-electron chi connectivity index (χ0n) is 12.2. The molecule has 0 saturated carbocycles. The molecule has 112 valence electrons. The van der Waals surface area contributed by atoms with E-state index in [9.17, 15) is 0 Å². The monoisotopic (exact) mass is 328 g/mol. The number of hydrogen-bond acceptors (Lipinski definition) is 5. The van der Waals surface area contributed by atoms with Crippen molar-refractivity contribution in [1.82, 2.24) is 19.5 Å². The van der Waals surface area contributed by atoms with Crippen molar-refractivity contribution in [2.75, 3.05) is 0 Å². The van der Waals surface area contributed by atoms with E-state index in [2.05, 4.69) is 28.2 Å². The van der Waals surface area contributed by atoms with Gasteiger partial charge in [-0.1, -0.05) is 17.8 Å². The molecular formula is C16H16N4S2. The zero-order valence-corrected chi connectivity index (χ0v) is 13.8. The van der Waals surface area contributed by atoms with Gasteiger partial charge in [0.25, 0.3) is 0 Å². The molecule has 0 aliphatic rings. The van der Waals surface area contributed by atoms with E-state index in [1.54, 1.807) is 23.5 Å². The van der Waals surface area contributed by atoms with Crippen molar-refractivity contribution in [3.8, 4) is 0 Å². The van der Waals surface area contributed by atoms with Crippen LogP contribution < -0.4 is 0 Å². The highest BCUT2D eigenvalue weighted by molar-refractivity contribution is 7.98. The number of aromatic nitrogens is 4. The highest BCUT2D eigenvalue weighted by Gasteiger charge is 2.04. The summed E-state index contributed by atoms with van der Waals surface area (Å²) in [5.41, 5.74) is 2.18. The Balaban J connectivity index is 1.59. The minimum absolute atomic E-state index is 0.832. The molecule has 0 fully saturated rings. The molecule has 0 saturated heterocycles. The first kappa shape index (κ1) is 15.1. The molecule has 0 radical (unpaired) electrons. The molecule has 6 heteroatoms. The molecule has 0 N–H and O–H groups in total. The van der Waals surface area contributed by atoms with Crippen LogP contribution in [0.5, 0.6) is 0 Å². The first-order valence-electron chi connectivity index (χ1n) is 6.89. The van der Waals surface area contributed by atoms with Crippen molar-refractivity contribution >= 4 is 23.5 Å². The van der Waals surface area contributed by atoms with E-state index in [0.717, 1.165) is 28.0 Å². The van der Waals surface area contributed by atoms with Gasteiger partial charge in [-0.15, -0.1) is 11.8 Å². The van der Waals surface area contributed by atoms with Crippen molar-refractivity contribution in [2.45, 2.75) is 21.6 Å². The van der Waals surface area contributed by atoms with Crippen molar-refractivity contribution < 1.29 is 0 Å². The first-order chi connectivity index (χ1) is 10.8. The van der Waals surface area contributed by atoms with E-state index in [1.807, 2.05) is 48.5 Å². The lowest BCUT2D eigenvalue weighted by Gasteiger charge is -2.05. The van der Waals surface area contributed by atoms with Gasteiger partial charge in [-0.2, -0.15) is 0 Å². The molecule has 0 spiro atoms. The van der Waals surface area contributed by atoms with E-state index in [-0.39, 0.29) is 0 Å². The lowest BCUT2D eigenvalue weighted by atomic mass is 10.3. The molecule has 3 heterocycles. The molecule has 0 unspecified atom stereocenters. The Bertz CT molecular complexity index is 728. The summed E-state index contributed by atoms with van der Waals surface area (Å²) in [6.45, 7) is 0. The second kappa shape index (κ2) is 7.47. The van der Waals surface area contributed by atoms with Crippen LogP contribution in [-0.2, 0) is 18.6 Å². The number of aryl methyl sites for hydroxylation is 1. The predicted molar refractivity (Wildman–Crippen MR) is 90.8 cm³/mol. The summed E-state index contributed by atoms with van der Waals surface area (Å²) in [4.78, 5) is 14.3. The summed E-state index contributed by atoms with van der Waals surface area (Å²) in [5.74, 6) is 1.70. The molecular weight excluding hydrogens is 312 g/mol. The third-order valence-corrected chi connectivity index (χ3v) is 5.16. The van der Waals surface area contributed by atoms with Crippen LogP contribution in [0.2, 0.25) is 0 Å². The number of rotatable bonds is 6. The number of imidazole rings is 1. The number of hydrogen-bond donors (Lipinski definition) is 0. The van der Waals surface area contributed by atoms with Crippen LogP contribution in [-0.4, -0.2) is 19.5 Å². The van der Waals surface area contributed by atoms with Crippen LogP contribution >= 0.6 is 23.5 Å². The van der Waals surface area contributed by atoms with E-state index < -0.39 is 0 Å². The maximum atomic E-state index is 4.72. The fourth-order valence-corrected chi connectivity index (χ4v) is 3.54. The van der Waals surface area contributed by atoms with Gasteiger partial charge in [0.15, 0.2) is 5.16 Å². The summed E-state index contributed by atoms with van der Waals surface area (Å²) in [5, 5.41) is 1.01. The van der Waals surface area contributed by atoms with Gasteiger partial charge < -0.3 is 4.57 Å². The molecule has 4 nitrogen and oxygen atoms in total. The molecule has 0 bridgehead atoms. The van der Waals surface area contributed by atoms with Gasteiger partial charge in [0.1, 0.15) is 0 Å². The molecule has 3 aromatic rings. The number of thioether (sulfide) groups is 2. The largest absolute Gasteiger partial charge is 0.329 e. The van der Waals surface area contributed by atoms with E-state index in [0.29, 0.717) is 0 Å². The third kappa shape index (κ3) is 4.11. The van der Waals surface area contributed by atoms with Crippen LogP contribution in [0.4, 0.5) is 0 Å². The smallest absolute Gasteiger partial charge is 0.168 e. The summed E-state index contributed by atoms with van der Waals surface area (Å²) >= 11 is 3.48. The summed E-state index contributed by atoms with van der Waals surface area (Å²) in [6.07, 6.45) is 7.40. The second-order valence-electron chi connectivity index (χ2n) is 4.70. The van der Waals surface area contributed by atoms with E-state index in [4.69, 9.17) is 4.98 Å². The van der Waals surface area contributed by atoms with Gasteiger partial charge in [0, 0.05) is 48.2 Å². The van der Waals surface area contributed by atoms with Crippen LogP contribution in [0.3, 0.4) is 0 Å². The fourth-order valence-electron chi connectivity index (χ4n) is 1.91. The van der Waals surface area contributed by atoms with Crippen molar-refractivity contribution in [1.29, 1.82) is 0 Å². The SMILES string of the molecule is Cn1ccnc1SCc1cccc(CSc2ccncc2)n1. The summed E-state index contributed by atoms with van der Waals surface area (Å²) in [6, 6.07) is 10.3. The van der Waals surface area contributed by atoms with Gasteiger partial charge in [-0.05, 0) is 24.3 Å². The Labute approximate surface area is 138 Å². The molecule has 0 amide bonds. The molecule has 0 atom stereocenters. The quantitative estimate of drug-likeness (QED) is 0.644. The topological polar surface area (TPSA) is 43.6 Å². The van der Waals surface area contributed by atoms with E-state index in [1.165, 1.54) is 4.90 Å². The maximum Gasteiger partial charge on any atom is 0.168 e. The first-order valence-corrected chi connectivity index (χ1v) is 8.86. The Morgan fingerprint density at radius 3 is 2.36 bits per heavy atom. The molecule has 3 rings (SSSR count). The molecule has 0 aliphatic heterocycles. The van der Waals surface area contributed by atoms with Crippen LogP contribution in [0.15, 0.2) is 65.2 Å². The third-order valence-electron chi connectivity index (χ3n) is 3.03. The summed E-state index contributed by atoms with van der Waals surface area (Å²) < 4.78 is 2.02. The fraction of sp³-hybridized carbons (Fsp3) is 0.188. The zero-order chi connectivity index (χ0) is 15.2. The van der Waals surface area contributed by atoms with Gasteiger partial charge in [-0.25, -0.2) is 4.98 Å². The minimum atomic E-state index is 0.832. The van der Waals surface area contributed by atoms with Crippen molar-refractivity contribution in [2.24, 2.45) is 7.05 Å². The maximum absolute atomic E-state index is 4.72. The Hall–Kier alpha value is -1.79. The average molecular weight is 328 g/mol. The lowest BCUT2D eigenvalue weighted by Crippen LogP contribution is -1.94. The highest BCUT2D eigenvalue weighted by Crippen LogP contribution is 2.23. The van der Waals surface area contributed by atoms with E-state index >= 15 is 0 Å². The van der Waals surface area contributed by atoms with Gasteiger partial charge in [0.05, 0.1) is 11.4 Å². The number of pyridine rings is 2. The Morgan fingerprint density at radius 2 is 1.68 bits per heavy atom. The van der Waals surface area contributed by atoms with Crippen molar-refractivity contribution in [3.05, 3.63) is 66.5 Å². The second-order valence-corrected chi connectivity index (χ2v) is 6.69. The minimum Gasteiger partial charge on any atom is -0.329 e. The molecule has 22 heavy (non-hydrogen) atoms. The van der Waals surface area contributed by atoms with Crippen LogP contribution in [0, 0.1) is 0 Å². The van der Waals surface area contributed by atoms with Crippen LogP contribution in [0.25, 0.3) is 0 Å².